The molecule has 0 saturated carbocycles. The predicted molar refractivity (Wildman–Crippen MR) is 109 cm³/mol. The number of rotatable bonds is 6. The maximum atomic E-state index is 12.4. The Hall–Kier alpha value is -2.38. The molecule has 1 amide bonds. The first-order valence-electron chi connectivity index (χ1n) is 8.21. The molecular formula is C19H20N4OS2. The molecule has 7 heteroatoms. The summed E-state index contributed by atoms with van der Waals surface area (Å²) in [5.74, 6) is -0.0520. The normalized spacial score (nSPS) is 11.8. The van der Waals surface area contributed by atoms with Crippen molar-refractivity contribution in [3.05, 3.63) is 59.7 Å². The number of anilines is 3. The molecule has 0 unspecified atom stereocenters. The minimum atomic E-state index is -0.268. The highest BCUT2D eigenvalue weighted by atomic mass is 32.2. The van der Waals surface area contributed by atoms with Crippen LogP contribution in [0.3, 0.4) is 0 Å². The summed E-state index contributed by atoms with van der Waals surface area (Å²) in [6.45, 7) is 5.91. The molecule has 5 nitrogen and oxygen atoms in total. The molecule has 0 aliphatic carbocycles. The Labute approximate surface area is 161 Å². The van der Waals surface area contributed by atoms with Gasteiger partial charge in [0, 0.05) is 11.4 Å². The second-order valence-electron chi connectivity index (χ2n) is 5.98. The molecule has 0 bridgehead atoms. The quantitative estimate of drug-likeness (QED) is 0.584. The summed E-state index contributed by atoms with van der Waals surface area (Å²) in [5.41, 5.74) is 4.09. The number of carbonyl (C=O) groups is 1. The number of hydrogen-bond donors (Lipinski definition) is 2. The van der Waals surface area contributed by atoms with E-state index >= 15 is 0 Å². The molecule has 3 rings (SSSR count). The molecule has 0 fully saturated rings. The van der Waals surface area contributed by atoms with Crippen LogP contribution < -0.4 is 10.6 Å². The zero-order valence-electron chi connectivity index (χ0n) is 14.8. The van der Waals surface area contributed by atoms with E-state index in [9.17, 15) is 4.79 Å². The van der Waals surface area contributed by atoms with Crippen LogP contribution in [-0.4, -0.2) is 21.4 Å². The number of nitrogens with one attached hydrogen (secondary N) is 2. The molecule has 1 aromatic heterocycles. The van der Waals surface area contributed by atoms with Gasteiger partial charge in [-0.25, -0.2) is 0 Å². The predicted octanol–water partition coefficient (Wildman–Crippen LogP) is 5.02. The highest BCUT2D eigenvalue weighted by Gasteiger charge is 2.17. The Morgan fingerprint density at radius 3 is 2.54 bits per heavy atom. The lowest BCUT2D eigenvalue weighted by molar-refractivity contribution is -0.115. The Kier molecular flexibility index (Phi) is 5.90. The number of aryl methyl sites for hydroxylation is 2. The van der Waals surface area contributed by atoms with Crippen molar-refractivity contribution in [3.8, 4) is 0 Å². The first-order chi connectivity index (χ1) is 12.5. The van der Waals surface area contributed by atoms with E-state index in [0.717, 1.165) is 21.3 Å². The third-order valence-electron chi connectivity index (χ3n) is 3.64. The highest BCUT2D eigenvalue weighted by molar-refractivity contribution is 8.02. The summed E-state index contributed by atoms with van der Waals surface area (Å²) >= 11 is 2.84. The van der Waals surface area contributed by atoms with Gasteiger partial charge in [-0.15, -0.1) is 10.2 Å². The fraction of sp³-hybridized carbons (Fsp3) is 0.211. The third-order valence-corrected chi connectivity index (χ3v) is 5.66. The number of nitrogens with zero attached hydrogens (tertiary/aromatic N) is 2. The zero-order chi connectivity index (χ0) is 18.5. The maximum absolute atomic E-state index is 12.4. The molecule has 0 radical (unpaired) electrons. The van der Waals surface area contributed by atoms with Crippen LogP contribution in [0.25, 0.3) is 0 Å². The van der Waals surface area contributed by atoms with Gasteiger partial charge in [0.15, 0.2) is 4.34 Å². The summed E-state index contributed by atoms with van der Waals surface area (Å²) in [5, 5.41) is 14.9. The van der Waals surface area contributed by atoms with E-state index in [0.29, 0.717) is 5.13 Å². The Balaban J connectivity index is 1.57. The van der Waals surface area contributed by atoms with E-state index < -0.39 is 0 Å². The number of carbonyl (C=O) groups excluding carboxylic acids is 1. The highest BCUT2D eigenvalue weighted by Crippen LogP contribution is 2.31. The van der Waals surface area contributed by atoms with E-state index in [1.807, 2.05) is 69.3 Å². The van der Waals surface area contributed by atoms with Crippen LogP contribution in [0.2, 0.25) is 0 Å². The second kappa shape index (κ2) is 8.33. The van der Waals surface area contributed by atoms with E-state index in [1.165, 1.54) is 28.7 Å². The second-order valence-corrected chi connectivity index (χ2v) is 8.55. The zero-order valence-corrected chi connectivity index (χ0v) is 16.4. The first kappa shape index (κ1) is 18.4. The van der Waals surface area contributed by atoms with Gasteiger partial charge < -0.3 is 10.6 Å². The van der Waals surface area contributed by atoms with Crippen LogP contribution >= 0.6 is 23.1 Å². The summed E-state index contributed by atoms with van der Waals surface area (Å²) in [4.78, 5) is 12.4. The standard InChI is InChI=1S/C19H20N4OS2/c1-12-7-9-15(10-8-12)21-18-22-23-19(26-18)25-14(3)17(24)20-16-6-4-5-13(2)11-16/h4-11,14H,1-3H3,(H,20,24)(H,21,22)/t14-/m0/s1. The van der Waals surface area contributed by atoms with Gasteiger partial charge >= 0.3 is 0 Å². The molecular weight excluding hydrogens is 364 g/mol. The lowest BCUT2D eigenvalue weighted by Gasteiger charge is -2.10. The van der Waals surface area contributed by atoms with Crippen molar-refractivity contribution in [1.82, 2.24) is 10.2 Å². The van der Waals surface area contributed by atoms with Crippen molar-refractivity contribution in [1.29, 1.82) is 0 Å². The summed E-state index contributed by atoms with van der Waals surface area (Å²) in [7, 11) is 0. The molecule has 1 atom stereocenters. The van der Waals surface area contributed by atoms with Crippen LogP contribution in [0.15, 0.2) is 52.9 Å². The molecule has 0 aliphatic rings. The number of hydrogen-bond acceptors (Lipinski definition) is 6. The Bertz CT molecular complexity index is 893. The van der Waals surface area contributed by atoms with Crippen molar-refractivity contribution >= 4 is 45.5 Å². The summed E-state index contributed by atoms with van der Waals surface area (Å²) < 4.78 is 0.756. The molecule has 0 saturated heterocycles. The maximum Gasteiger partial charge on any atom is 0.237 e. The van der Waals surface area contributed by atoms with Gasteiger partial charge in [0.1, 0.15) is 0 Å². The average Bonchev–Trinajstić information content (AvgIpc) is 3.04. The van der Waals surface area contributed by atoms with Crippen LogP contribution in [0.5, 0.6) is 0 Å². The van der Waals surface area contributed by atoms with E-state index in [2.05, 4.69) is 20.8 Å². The lowest BCUT2D eigenvalue weighted by atomic mass is 10.2. The van der Waals surface area contributed by atoms with Crippen LogP contribution in [0.4, 0.5) is 16.5 Å². The lowest BCUT2D eigenvalue weighted by Crippen LogP contribution is -2.22. The molecule has 0 spiro atoms. The Morgan fingerprint density at radius 2 is 1.81 bits per heavy atom. The molecule has 2 N–H and O–H groups in total. The van der Waals surface area contributed by atoms with Crippen LogP contribution in [-0.2, 0) is 4.79 Å². The average molecular weight is 385 g/mol. The fourth-order valence-corrected chi connectivity index (χ4v) is 4.16. The SMILES string of the molecule is Cc1ccc(Nc2nnc(S[C@@H](C)C(=O)Nc3cccc(C)c3)s2)cc1. The molecule has 2 aromatic carbocycles. The summed E-state index contributed by atoms with van der Waals surface area (Å²) in [6.07, 6.45) is 0. The van der Waals surface area contributed by atoms with E-state index in [-0.39, 0.29) is 11.2 Å². The Morgan fingerprint density at radius 1 is 1.04 bits per heavy atom. The number of thioether (sulfide) groups is 1. The molecule has 26 heavy (non-hydrogen) atoms. The molecule has 1 heterocycles. The first-order valence-corrected chi connectivity index (χ1v) is 9.90. The van der Waals surface area contributed by atoms with Crippen molar-refractivity contribution < 1.29 is 4.79 Å². The van der Waals surface area contributed by atoms with Gasteiger partial charge in [-0.2, -0.15) is 0 Å². The van der Waals surface area contributed by atoms with Crippen LogP contribution in [0.1, 0.15) is 18.1 Å². The van der Waals surface area contributed by atoms with Gasteiger partial charge in [0.05, 0.1) is 5.25 Å². The van der Waals surface area contributed by atoms with Gasteiger partial charge in [-0.1, -0.05) is 52.9 Å². The van der Waals surface area contributed by atoms with E-state index in [1.54, 1.807) is 0 Å². The monoisotopic (exact) mass is 384 g/mol. The molecule has 0 aliphatic heterocycles. The largest absolute Gasteiger partial charge is 0.330 e. The van der Waals surface area contributed by atoms with Crippen molar-refractivity contribution in [3.63, 3.8) is 0 Å². The molecule has 134 valence electrons. The van der Waals surface area contributed by atoms with Gasteiger partial charge in [-0.3, -0.25) is 4.79 Å². The van der Waals surface area contributed by atoms with Gasteiger partial charge in [-0.05, 0) is 50.6 Å². The topological polar surface area (TPSA) is 66.9 Å². The minimum absolute atomic E-state index is 0.0520. The van der Waals surface area contributed by atoms with E-state index in [4.69, 9.17) is 0 Å². The fourth-order valence-electron chi connectivity index (χ4n) is 2.24. The van der Waals surface area contributed by atoms with Crippen LogP contribution in [0, 0.1) is 13.8 Å². The van der Waals surface area contributed by atoms with Gasteiger partial charge in [0.2, 0.25) is 11.0 Å². The minimum Gasteiger partial charge on any atom is -0.330 e. The van der Waals surface area contributed by atoms with Crippen molar-refractivity contribution in [2.24, 2.45) is 0 Å². The number of benzene rings is 2. The van der Waals surface area contributed by atoms with Crippen molar-refractivity contribution in [2.75, 3.05) is 10.6 Å². The molecule has 3 aromatic rings. The third kappa shape index (κ3) is 5.06. The number of amides is 1. The summed E-state index contributed by atoms with van der Waals surface area (Å²) in [6, 6.07) is 15.8. The van der Waals surface area contributed by atoms with Crippen molar-refractivity contribution in [2.45, 2.75) is 30.4 Å². The van der Waals surface area contributed by atoms with Gasteiger partial charge in [0.25, 0.3) is 0 Å². The smallest absolute Gasteiger partial charge is 0.237 e. The number of aromatic nitrogens is 2.